The highest BCUT2D eigenvalue weighted by molar-refractivity contribution is 5.76. The molecule has 0 saturated carbocycles. The van der Waals surface area contributed by atoms with E-state index in [1.807, 2.05) is 6.08 Å². The van der Waals surface area contributed by atoms with Crippen LogP contribution in [0.15, 0.2) is 36.5 Å². The molecule has 0 radical (unpaired) electrons. The summed E-state index contributed by atoms with van der Waals surface area (Å²) in [5.41, 5.74) is 0. The van der Waals surface area contributed by atoms with Crippen LogP contribution in [0, 0.1) is 0 Å². The van der Waals surface area contributed by atoms with Crippen LogP contribution in [0.3, 0.4) is 0 Å². The van der Waals surface area contributed by atoms with Crippen molar-refractivity contribution in [2.75, 3.05) is 19.8 Å². The molecule has 458 valence electrons. The summed E-state index contributed by atoms with van der Waals surface area (Å²) in [5.74, 6) is -0.186. The Labute approximate surface area is 479 Å². The summed E-state index contributed by atoms with van der Waals surface area (Å²) in [7, 11) is 0. The third-order valence-electron chi connectivity index (χ3n) is 15.7. The maximum absolute atomic E-state index is 13.0. The van der Waals surface area contributed by atoms with Crippen molar-refractivity contribution >= 4 is 11.9 Å². The molecule has 1 aliphatic rings. The summed E-state index contributed by atoms with van der Waals surface area (Å²) in [5, 5.41) is 54.3. The van der Waals surface area contributed by atoms with Crippen LogP contribution in [-0.2, 0) is 23.8 Å². The molecule has 78 heavy (non-hydrogen) atoms. The first-order valence-corrected chi connectivity index (χ1v) is 33.3. The monoisotopic (exact) mass is 1100 g/mol. The molecule has 0 aliphatic carbocycles. The first-order chi connectivity index (χ1) is 38.2. The fraction of sp³-hybridized carbons (Fsp3) is 0.881. The summed E-state index contributed by atoms with van der Waals surface area (Å²) < 4.78 is 16.7. The second kappa shape index (κ2) is 56.7. The van der Waals surface area contributed by atoms with Gasteiger partial charge >= 0.3 is 5.97 Å². The Morgan fingerprint density at radius 1 is 0.474 bits per heavy atom. The molecule has 1 amide bonds. The average Bonchev–Trinajstić information content (AvgIpc) is 3.43. The predicted octanol–water partition coefficient (Wildman–Crippen LogP) is 16.2. The smallest absolute Gasteiger partial charge is 0.305 e. The highest BCUT2D eigenvalue weighted by Gasteiger charge is 2.44. The minimum absolute atomic E-state index is 0.00284. The lowest BCUT2D eigenvalue weighted by Gasteiger charge is -2.40. The van der Waals surface area contributed by atoms with E-state index >= 15 is 0 Å². The molecule has 0 spiro atoms. The number of hydrogen-bond donors (Lipinski definition) is 6. The molecule has 1 aliphatic heterocycles. The molecule has 1 saturated heterocycles. The lowest BCUT2D eigenvalue weighted by atomic mass is 9.99. The molecule has 0 bridgehead atoms. The normalized spacial score (nSPS) is 18.7. The molecule has 1 rings (SSSR count). The van der Waals surface area contributed by atoms with Crippen molar-refractivity contribution in [2.24, 2.45) is 0 Å². The summed E-state index contributed by atoms with van der Waals surface area (Å²) >= 11 is 0. The van der Waals surface area contributed by atoms with Gasteiger partial charge in [-0.2, -0.15) is 0 Å². The largest absolute Gasteiger partial charge is 0.466 e. The Kier molecular flexibility index (Phi) is 53.7. The number of allylic oxidation sites excluding steroid dienone is 5. The summed E-state index contributed by atoms with van der Waals surface area (Å²) in [6.07, 6.45) is 61.3. The van der Waals surface area contributed by atoms with Crippen molar-refractivity contribution in [1.29, 1.82) is 0 Å². The zero-order valence-electron chi connectivity index (χ0n) is 50.6. The average molecular weight is 1100 g/mol. The summed E-state index contributed by atoms with van der Waals surface area (Å²) in [6, 6.07) is -0.809. The molecule has 0 aromatic rings. The van der Waals surface area contributed by atoms with Gasteiger partial charge in [-0.1, -0.05) is 275 Å². The van der Waals surface area contributed by atoms with E-state index in [4.69, 9.17) is 14.2 Å². The number of esters is 1. The van der Waals surface area contributed by atoms with E-state index in [2.05, 4.69) is 43.5 Å². The number of aliphatic hydroxyl groups excluding tert-OH is 5. The molecule has 1 fully saturated rings. The Bertz CT molecular complexity index is 1390. The maximum Gasteiger partial charge on any atom is 0.305 e. The van der Waals surface area contributed by atoms with Crippen LogP contribution in [0.25, 0.3) is 0 Å². The Hall–Kier alpha value is -2.12. The molecular weight excluding hydrogens is 979 g/mol. The Morgan fingerprint density at radius 2 is 0.859 bits per heavy atom. The summed E-state index contributed by atoms with van der Waals surface area (Å²) in [4.78, 5) is 25.1. The number of carbonyl (C=O) groups is 2. The van der Waals surface area contributed by atoms with Crippen LogP contribution >= 0.6 is 0 Å². The molecule has 0 aromatic heterocycles. The minimum Gasteiger partial charge on any atom is -0.466 e. The van der Waals surface area contributed by atoms with Crippen molar-refractivity contribution in [1.82, 2.24) is 5.32 Å². The van der Waals surface area contributed by atoms with E-state index in [9.17, 15) is 35.1 Å². The van der Waals surface area contributed by atoms with Gasteiger partial charge in [0, 0.05) is 12.8 Å². The first-order valence-electron chi connectivity index (χ1n) is 33.3. The zero-order valence-corrected chi connectivity index (χ0v) is 50.6. The van der Waals surface area contributed by atoms with Gasteiger partial charge in [0.2, 0.25) is 5.91 Å². The number of amides is 1. The highest BCUT2D eigenvalue weighted by atomic mass is 16.7. The number of aliphatic hydroxyl groups is 5. The van der Waals surface area contributed by atoms with E-state index in [1.165, 1.54) is 225 Å². The van der Waals surface area contributed by atoms with Gasteiger partial charge in [0.1, 0.15) is 24.4 Å². The molecule has 11 nitrogen and oxygen atoms in total. The van der Waals surface area contributed by atoms with Crippen molar-refractivity contribution in [2.45, 2.75) is 358 Å². The lowest BCUT2D eigenvalue weighted by Crippen LogP contribution is -2.60. The number of nitrogens with one attached hydrogen (secondary N) is 1. The molecule has 7 atom stereocenters. The number of ether oxygens (including phenoxy) is 3. The van der Waals surface area contributed by atoms with Crippen LogP contribution in [0.4, 0.5) is 0 Å². The van der Waals surface area contributed by atoms with E-state index in [0.717, 1.165) is 64.2 Å². The van der Waals surface area contributed by atoms with Gasteiger partial charge in [0.05, 0.1) is 32.0 Å². The van der Waals surface area contributed by atoms with Crippen LogP contribution in [-0.4, -0.2) is 100 Å². The SMILES string of the molecule is CCCCC/C=C\C/C=C\CCCCCCCCCCCC(=O)OCCCCCCCCCCCCCCCCCCCCCCCCC(=O)NC(COC1OC(CO)C(O)C(O)C1O)C(O)/C=C/CCCCCCCCC. The zero-order chi connectivity index (χ0) is 56.6. The van der Waals surface area contributed by atoms with Crippen LogP contribution < -0.4 is 5.32 Å². The van der Waals surface area contributed by atoms with Gasteiger partial charge in [-0.3, -0.25) is 9.59 Å². The van der Waals surface area contributed by atoms with E-state index < -0.39 is 49.5 Å². The molecule has 11 heteroatoms. The number of rotatable bonds is 58. The lowest BCUT2D eigenvalue weighted by molar-refractivity contribution is -0.302. The van der Waals surface area contributed by atoms with Crippen molar-refractivity contribution in [3.63, 3.8) is 0 Å². The van der Waals surface area contributed by atoms with E-state index in [-0.39, 0.29) is 18.5 Å². The highest BCUT2D eigenvalue weighted by Crippen LogP contribution is 2.23. The van der Waals surface area contributed by atoms with E-state index in [0.29, 0.717) is 19.4 Å². The van der Waals surface area contributed by atoms with Crippen molar-refractivity contribution in [3.8, 4) is 0 Å². The molecule has 7 unspecified atom stereocenters. The third kappa shape index (κ3) is 45.5. The van der Waals surface area contributed by atoms with Gasteiger partial charge in [-0.25, -0.2) is 0 Å². The van der Waals surface area contributed by atoms with Gasteiger partial charge in [-0.05, 0) is 64.2 Å². The standard InChI is InChI=1S/C67H125NO10/c1-3-5-7-9-11-13-14-15-16-17-22-26-29-32-35-39-43-47-51-55-63(72)76-56-52-48-44-40-36-33-30-27-24-21-19-18-20-23-25-28-31-34-38-42-46-50-54-62(71)68-59(60(70)53-49-45-41-37-12-10-8-6-4-2)58-77-67-66(75)65(74)64(73)61(57-69)78-67/h11,13,15-16,49,53,59-61,64-67,69-70,73-75H,3-10,12,14,17-48,50-52,54-58H2,1-2H3,(H,68,71)/b13-11-,16-15-,53-49+. The van der Waals surface area contributed by atoms with Gasteiger partial charge < -0.3 is 45.1 Å². The topological polar surface area (TPSA) is 175 Å². The second-order valence-electron chi connectivity index (χ2n) is 23.2. The molecule has 0 aromatic carbocycles. The Morgan fingerprint density at radius 3 is 1.32 bits per heavy atom. The molecular formula is C67H125NO10. The molecule has 6 N–H and O–H groups in total. The van der Waals surface area contributed by atoms with Crippen molar-refractivity contribution in [3.05, 3.63) is 36.5 Å². The van der Waals surface area contributed by atoms with E-state index in [1.54, 1.807) is 6.08 Å². The van der Waals surface area contributed by atoms with Gasteiger partial charge in [0.15, 0.2) is 6.29 Å². The fourth-order valence-corrected chi connectivity index (χ4v) is 10.5. The first kappa shape index (κ1) is 73.9. The third-order valence-corrected chi connectivity index (χ3v) is 15.7. The fourth-order valence-electron chi connectivity index (χ4n) is 10.5. The second-order valence-corrected chi connectivity index (χ2v) is 23.2. The number of carbonyl (C=O) groups excluding carboxylic acids is 2. The van der Waals surface area contributed by atoms with Crippen molar-refractivity contribution < 1.29 is 49.3 Å². The number of unbranched alkanes of at least 4 members (excludes halogenated alkanes) is 40. The predicted molar refractivity (Wildman–Crippen MR) is 324 cm³/mol. The maximum atomic E-state index is 13.0. The summed E-state index contributed by atoms with van der Waals surface area (Å²) in [6.45, 7) is 4.30. The molecule has 1 heterocycles. The van der Waals surface area contributed by atoms with Crippen LogP contribution in [0.2, 0.25) is 0 Å². The minimum atomic E-state index is -1.57. The van der Waals surface area contributed by atoms with Crippen LogP contribution in [0.1, 0.15) is 316 Å². The quantitative estimate of drug-likeness (QED) is 0.0195. The Balaban J connectivity index is 1.94. The van der Waals surface area contributed by atoms with Crippen LogP contribution in [0.5, 0.6) is 0 Å². The number of hydrogen-bond acceptors (Lipinski definition) is 10. The van der Waals surface area contributed by atoms with Gasteiger partial charge in [0.25, 0.3) is 0 Å². The van der Waals surface area contributed by atoms with Gasteiger partial charge in [-0.15, -0.1) is 0 Å².